The van der Waals surface area contributed by atoms with Gasteiger partial charge in [0.1, 0.15) is 5.82 Å². The van der Waals surface area contributed by atoms with E-state index in [1.165, 1.54) is 0 Å². The standard InChI is InChI=1S/C42H30N4O.Pd/c1-42(2,3)35-16-11-23-43-41(35)46-38-18-10-8-15-32(38)33-22-20-29(25-39(33)46)47-28-19-21-30-31-14-7-9-17-37(31)45-26-36(27-12-5-4-6-13-27)44-40(45)34(30)24-28;/h4-23,26H,1-3H3;/q-2;+2. The van der Waals surface area contributed by atoms with Crippen molar-refractivity contribution in [2.75, 3.05) is 0 Å². The zero-order valence-corrected chi connectivity index (χ0v) is 28.2. The number of aromatic nitrogens is 4. The molecular weight excluding hydrogens is 683 g/mol. The first kappa shape index (κ1) is 30.1. The largest absolute Gasteiger partial charge is 2.00 e. The third kappa shape index (κ3) is 4.80. The Morgan fingerprint density at radius 1 is 0.646 bits per heavy atom. The second-order valence-corrected chi connectivity index (χ2v) is 13.0. The van der Waals surface area contributed by atoms with Crippen LogP contribution in [-0.2, 0) is 25.8 Å². The van der Waals surface area contributed by atoms with Gasteiger partial charge >= 0.3 is 20.4 Å². The molecule has 5 aromatic carbocycles. The summed E-state index contributed by atoms with van der Waals surface area (Å²) >= 11 is 0. The summed E-state index contributed by atoms with van der Waals surface area (Å²) in [5.74, 6) is 2.11. The fourth-order valence-corrected chi connectivity index (χ4v) is 6.77. The number of imidazole rings is 1. The first-order valence-corrected chi connectivity index (χ1v) is 15.8. The summed E-state index contributed by atoms with van der Waals surface area (Å²) in [4.78, 5) is 10.0. The summed E-state index contributed by atoms with van der Waals surface area (Å²) in [7, 11) is 0. The second kappa shape index (κ2) is 11.5. The Morgan fingerprint density at radius 3 is 2.08 bits per heavy atom. The van der Waals surface area contributed by atoms with E-state index in [9.17, 15) is 0 Å². The molecule has 0 aliphatic carbocycles. The van der Waals surface area contributed by atoms with Crippen molar-refractivity contribution in [1.82, 2.24) is 18.9 Å². The van der Waals surface area contributed by atoms with Crippen molar-refractivity contribution in [3.63, 3.8) is 0 Å². The smallest absolute Gasteiger partial charge is 0.503 e. The average molecular weight is 713 g/mol. The molecule has 4 heterocycles. The Kier molecular flexibility index (Phi) is 7.18. The van der Waals surface area contributed by atoms with Crippen molar-refractivity contribution in [1.29, 1.82) is 0 Å². The van der Waals surface area contributed by atoms with Gasteiger partial charge in [-0.15, -0.1) is 29.7 Å². The summed E-state index contributed by atoms with van der Waals surface area (Å²) in [5.41, 5.74) is 6.99. The van der Waals surface area contributed by atoms with E-state index in [0.29, 0.717) is 11.5 Å². The maximum Gasteiger partial charge on any atom is 2.00 e. The summed E-state index contributed by atoms with van der Waals surface area (Å²) in [6.45, 7) is 6.66. The molecule has 0 radical (unpaired) electrons. The monoisotopic (exact) mass is 712 g/mol. The molecule has 0 saturated carbocycles. The van der Waals surface area contributed by atoms with Crippen LogP contribution in [0.5, 0.6) is 11.5 Å². The normalized spacial score (nSPS) is 11.9. The predicted octanol–water partition coefficient (Wildman–Crippen LogP) is 10.5. The number of fused-ring (bicyclic) bond motifs is 9. The Balaban J connectivity index is 0.00000336. The minimum atomic E-state index is -0.0990. The molecule has 234 valence electrons. The number of benzene rings is 5. The molecule has 0 aliphatic heterocycles. The maximum atomic E-state index is 6.55. The number of nitrogens with zero attached hydrogens (tertiary/aromatic N) is 4. The van der Waals surface area contributed by atoms with E-state index in [0.717, 1.165) is 71.8 Å². The summed E-state index contributed by atoms with van der Waals surface area (Å²) in [5, 5.41) is 5.37. The van der Waals surface area contributed by atoms with Crippen molar-refractivity contribution >= 4 is 49.1 Å². The van der Waals surface area contributed by atoms with Crippen LogP contribution in [0.4, 0.5) is 0 Å². The first-order chi connectivity index (χ1) is 22.9. The molecule has 48 heavy (non-hydrogen) atoms. The van der Waals surface area contributed by atoms with Gasteiger partial charge in [0.05, 0.1) is 11.3 Å². The number of para-hydroxylation sites is 2. The van der Waals surface area contributed by atoms with Crippen molar-refractivity contribution in [2.45, 2.75) is 26.2 Å². The minimum Gasteiger partial charge on any atom is -0.503 e. The quantitative estimate of drug-likeness (QED) is 0.104. The topological polar surface area (TPSA) is 44.4 Å². The van der Waals surface area contributed by atoms with E-state index >= 15 is 0 Å². The minimum absolute atomic E-state index is 0. The van der Waals surface area contributed by atoms with Gasteiger partial charge in [0.2, 0.25) is 0 Å². The van der Waals surface area contributed by atoms with Gasteiger partial charge in [-0.1, -0.05) is 116 Å². The van der Waals surface area contributed by atoms with Gasteiger partial charge in [0, 0.05) is 46.1 Å². The third-order valence-corrected chi connectivity index (χ3v) is 8.95. The van der Waals surface area contributed by atoms with Gasteiger partial charge in [-0.25, -0.2) is 4.98 Å². The number of hydrogen-bond acceptors (Lipinski definition) is 3. The zero-order valence-electron chi connectivity index (χ0n) is 26.6. The Morgan fingerprint density at radius 2 is 1.31 bits per heavy atom. The van der Waals surface area contributed by atoms with E-state index in [2.05, 4.69) is 127 Å². The van der Waals surface area contributed by atoms with Crippen LogP contribution in [0.15, 0.2) is 128 Å². The molecule has 0 fully saturated rings. The first-order valence-electron chi connectivity index (χ1n) is 15.8. The molecule has 0 atom stereocenters. The molecule has 9 aromatic rings. The van der Waals surface area contributed by atoms with E-state index in [-0.39, 0.29) is 25.8 Å². The van der Waals surface area contributed by atoms with E-state index < -0.39 is 0 Å². The van der Waals surface area contributed by atoms with Crippen LogP contribution in [0.1, 0.15) is 26.3 Å². The number of rotatable bonds is 4. The van der Waals surface area contributed by atoms with Crippen molar-refractivity contribution in [3.8, 4) is 28.6 Å². The molecule has 5 nitrogen and oxygen atoms in total. The summed E-state index contributed by atoms with van der Waals surface area (Å²) in [6, 6.07) is 46.7. The van der Waals surface area contributed by atoms with E-state index in [4.69, 9.17) is 14.7 Å². The van der Waals surface area contributed by atoms with Gasteiger partial charge in [-0.05, 0) is 34.4 Å². The Labute approximate surface area is 292 Å². The van der Waals surface area contributed by atoms with Gasteiger partial charge < -0.3 is 13.7 Å². The van der Waals surface area contributed by atoms with Gasteiger partial charge in [0.15, 0.2) is 0 Å². The number of ether oxygens (including phenoxy) is 1. The zero-order chi connectivity index (χ0) is 31.7. The molecule has 0 aliphatic rings. The van der Waals surface area contributed by atoms with Crippen molar-refractivity contribution in [2.24, 2.45) is 0 Å². The van der Waals surface area contributed by atoms with Crippen LogP contribution < -0.4 is 4.74 Å². The molecule has 4 aromatic heterocycles. The van der Waals surface area contributed by atoms with Crippen LogP contribution in [0.25, 0.3) is 66.2 Å². The SMILES string of the molecule is CC(C)(C)c1cccnc1-n1c2[c-]c(Oc3[c-]c4c(cc3)c3ccccc3n3cc(-c5ccccc5)nc43)ccc2c2ccccc21.[Pd+2]. The second-order valence-electron chi connectivity index (χ2n) is 13.0. The van der Waals surface area contributed by atoms with Crippen molar-refractivity contribution in [3.05, 3.63) is 145 Å². The molecule has 0 spiro atoms. The Bertz CT molecular complexity index is 2650. The molecule has 6 heteroatoms. The number of hydrogen-bond donors (Lipinski definition) is 0. The third-order valence-electron chi connectivity index (χ3n) is 8.95. The molecular formula is C42H30N4OPd. The fourth-order valence-electron chi connectivity index (χ4n) is 6.77. The van der Waals surface area contributed by atoms with Crippen LogP contribution in [0.2, 0.25) is 0 Å². The fraction of sp³-hybridized carbons (Fsp3) is 0.0952. The molecule has 0 bridgehead atoms. The summed E-state index contributed by atoms with van der Waals surface area (Å²) in [6.07, 6.45) is 3.97. The van der Waals surface area contributed by atoms with Crippen LogP contribution in [0, 0.1) is 12.1 Å². The van der Waals surface area contributed by atoms with E-state index in [1.807, 2.05) is 42.6 Å². The van der Waals surface area contributed by atoms with Crippen LogP contribution in [-0.4, -0.2) is 18.9 Å². The average Bonchev–Trinajstić information content (AvgIpc) is 3.69. The molecule has 9 rings (SSSR count). The predicted molar refractivity (Wildman–Crippen MR) is 191 cm³/mol. The van der Waals surface area contributed by atoms with E-state index in [1.54, 1.807) is 0 Å². The van der Waals surface area contributed by atoms with Gasteiger partial charge in [-0.2, -0.15) is 6.07 Å². The molecule has 0 saturated heterocycles. The van der Waals surface area contributed by atoms with Crippen LogP contribution >= 0.6 is 0 Å². The summed E-state index contributed by atoms with van der Waals surface area (Å²) < 4.78 is 10.9. The molecule has 0 unspecified atom stereocenters. The van der Waals surface area contributed by atoms with Gasteiger partial charge in [-0.3, -0.25) is 4.98 Å². The van der Waals surface area contributed by atoms with Crippen molar-refractivity contribution < 1.29 is 25.2 Å². The van der Waals surface area contributed by atoms with Crippen LogP contribution in [0.3, 0.4) is 0 Å². The maximum absolute atomic E-state index is 6.55. The number of pyridine rings is 2. The molecule has 0 N–H and O–H groups in total. The molecule has 0 amide bonds. The Hall–Kier alpha value is -5.28. The van der Waals surface area contributed by atoms with Gasteiger partial charge in [0.25, 0.3) is 0 Å².